The first-order valence-corrected chi connectivity index (χ1v) is 14.0. The van der Waals surface area contributed by atoms with E-state index >= 15 is 0 Å². The second-order valence-corrected chi connectivity index (χ2v) is 9.75. The summed E-state index contributed by atoms with van der Waals surface area (Å²) >= 11 is 0. The normalized spacial score (nSPS) is 13.8. The predicted molar refractivity (Wildman–Crippen MR) is 147 cm³/mol. The van der Waals surface area contributed by atoms with Crippen LogP contribution >= 0.6 is 0 Å². The Kier molecular flexibility index (Phi) is 16.4. The molecule has 0 aliphatic carbocycles. The van der Waals surface area contributed by atoms with Gasteiger partial charge in [-0.1, -0.05) is 53.0 Å². The number of hydrogen-bond acceptors (Lipinski definition) is 11. The summed E-state index contributed by atoms with van der Waals surface area (Å²) in [5.74, 6) is -1.01. The monoisotopic (exact) mass is 567 g/mol. The van der Waals surface area contributed by atoms with Gasteiger partial charge in [0.05, 0.1) is 13.2 Å². The number of carbonyl (C=O) groups is 4. The summed E-state index contributed by atoms with van der Waals surface area (Å²) in [5, 5.41) is 0. The van der Waals surface area contributed by atoms with Gasteiger partial charge >= 0.3 is 24.2 Å². The highest BCUT2D eigenvalue weighted by atomic mass is 16.7. The number of esters is 2. The zero-order chi connectivity index (χ0) is 30.1. The van der Waals surface area contributed by atoms with Crippen molar-refractivity contribution in [2.75, 3.05) is 13.2 Å². The molecule has 2 N–H and O–H groups in total. The van der Waals surface area contributed by atoms with Crippen molar-refractivity contribution in [3.05, 3.63) is 23.8 Å². The van der Waals surface area contributed by atoms with Crippen LogP contribution in [0.15, 0.2) is 18.2 Å². The molecule has 40 heavy (non-hydrogen) atoms. The Hall–Kier alpha value is -3.34. The lowest BCUT2D eigenvalue weighted by Crippen LogP contribution is -2.39. The lowest BCUT2D eigenvalue weighted by Gasteiger charge is -2.23. The Balaban J connectivity index is 2.87. The van der Waals surface area contributed by atoms with Gasteiger partial charge in [-0.05, 0) is 56.7 Å². The van der Waals surface area contributed by atoms with Gasteiger partial charge < -0.3 is 34.2 Å². The van der Waals surface area contributed by atoms with Crippen molar-refractivity contribution < 1.29 is 47.6 Å². The summed E-state index contributed by atoms with van der Waals surface area (Å²) in [7, 11) is 0. The van der Waals surface area contributed by atoms with E-state index in [0.717, 1.165) is 19.3 Å². The van der Waals surface area contributed by atoms with Gasteiger partial charge in [-0.2, -0.15) is 0 Å². The van der Waals surface area contributed by atoms with Crippen molar-refractivity contribution >= 4 is 24.2 Å². The van der Waals surface area contributed by atoms with E-state index in [1.54, 1.807) is 19.9 Å². The third-order valence-corrected chi connectivity index (χ3v) is 6.08. The predicted octanol–water partition coefficient (Wildman–Crippen LogP) is 5.49. The number of nitrogens with two attached hydrogens (primary N) is 1. The maximum Gasteiger partial charge on any atom is 0.513 e. The Morgan fingerprint density at radius 3 is 1.90 bits per heavy atom. The summed E-state index contributed by atoms with van der Waals surface area (Å²) in [6, 6.07) is 3.33. The van der Waals surface area contributed by atoms with Crippen LogP contribution < -0.4 is 15.2 Å². The molecule has 0 aliphatic rings. The fourth-order valence-electron chi connectivity index (χ4n) is 3.17. The van der Waals surface area contributed by atoms with Crippen molar-refractivity contribution in [1.82, 2.24) is 0 Å². The largest absolute Gasteiger partial charge is 0.513 e. The summed E-state index contributed by atoms with van der Waals surface area (Å²) in [6.45, 7) is 11.5. The number of hydrogen-bond donors (Lipinski definition) is 1. The number of carbonyl (C=O) groups excluding carboxylic acids is 4. The summed E-state index contributed by atoms with van der Waals surface area (Å²) < 4.78 is 31.3. The average Bonchev–Trinajstić information content (AvgIpc) is 2.90. The molecule has 1 aromatic carbocycles. The minimum atomic E-state index is -1.07. The van der Waals surface area contributed by atoms with Gasteiger partial charge in [0.25, 0.3) is 0 Å². The smallest absolute Gasteiger partial charge is 0.459 e. The van der Waals surface area contributed by atoms with Gasteiger partial charge in [0.2, 0.25) is 0 Å². The first kappa shape index (κ1) is 34.7. The van der Waals surface area contributed by atoms with Crippen LogP contribution in [0.4, 0.5) is 9.59 Å². The molecule has 11 nitrogen and oxygen atoms in total. The first-order valence-electron chi connectivity index (χ1n) is 14.0. The lowest BCUT2D eigenvalue weighted by atomic mass is 10.1. The van der Waals surface area contributed by atoms with E-state index in [0.29, 0.717) is 18.4 Å². The first-order chi connectivity index (χ1) is 19.0. The van der Waals surface area contributed by atoms with Gasteiger partial charge in [0.1, 0.15) is 18.2 Å². The highest BCUT2D eigenvalue weighted by Gasteiger charge is 2.25. The van der Waals surface area contributed by atoms with Gasteiger partial charge in [-0.25, -0.2) is 9.59 Å². The van der Waals surface area contributed by atoms with Gasteiger partial charge in [0.15, 0.2) is 11.5 Å². The van der Waals surface area contributed by atoms with Crippen LogP contribution in [0.3, 0.4) is 0 Å². The fourth-order valence-corrected chi connectivity index (χ4v) is 3.17. The van der Waals surface area contributed by atoms with E-state index in [1.807, 2.05) is 27.7 Å². The molecule has 0 saturated carbocycles. The van der Waals surface area contributed by atoms with Crippen molar-refractivity contribution in [3.8, 4) is 11.5 Å². The van der Waals surface area contributed by atoms with Crippen molar-refractivity contribution in [3.63, 3.8) is 0 Å². The van der Waals surface area contributed by atoms with Gasteiger partial charge in [-0.15, -0.1) is 0 Å². The maximum atomic E-state index is 12.6. The topological polar surface area (TPSA) is 150 Å². The minimum Gasteiger partial charge on any atom is -0.459 e. The fraction of sp³-hybridized carbons (Fsp3) is 0.655. The number of unbranched alkanes of at least 4 members (excludes halogenated alkanes) is 2. The van der Waals surface area contributed by atoms with Crippen molar-refractivity contribution in [2.24, 2.45) is 11.7 Å². The molecule has 0 amide bonds. The van der Waals surface area contributed by atoms with Crippen molar-refractivity contribution in [1.29, 1.82) is 0 Å². The Bertz CT molecular complexity index is 951. The van der Waals surface area contributed by atoms with Crippen LogP contribution in [-0.4, -0.2) is 55.7 Å². The lowest BCUT2D eigenvalue weighted by molar-refractivity contribution is -0.166. The molecule has 0 fully saturated rings. The standard InChI is InChI=1S/C29H45NO10/c1-7-10-14-35-28(33)39-24-13-12-22(18-25(24)40-29(34)36-15-11-8-2)17-23(30)27(32)38-21(6)20(5)37-26(31)16-19(4)9-3/h12-13,18-21,23H,7-11,14-17,30H2,1-6H3/t19?,20-,21-,23-/m0/s1. The average molecular weight is 568 g/mol. The van der Waals surface area contributed by atoms with E-state index in [1.165, 1.54) is 12.1 Å². The van der Waals surface area contributed by atoms with Crippen LogP contribution in [0.2, 0.25) is 0 Å². The van der Waals surface area contributed by atoms with Crippen LogP contribution in [0.5, 0.6) is 11.5 Å². The van der Waals surface area contributed by atoms with Crippen molar-refractivity contribution in [2.45, 2.75) is 105 Å². The zero-order valence-electron chi connectivity index (χ0n) is 24.6. The minimum absolute atomic E-state index is 0.0240. The van der Waals surface area contributed by atoms with E-state index in [-0.39, 0.29) is 49.4 Å². The van der Waals surface area contributed by atoms with E-state index in [4.69, 9.17) is 34.2 Å². The number of ether oxygens (including phenoxy) is 6. The number of rotatable bonds is 17. The van der Waals surface area contributed by atoms with Crippen LogP contribution in [-0.2, 0) is 35.0 Å². The summed E-state index contributed by atoms with van der Waals surface area (Å²) in [4.78, 5) is 48.9. The molecule has 11 heteroatoms. The highest BCUT2D eigenvalue weighted by molar-refractivity contribution is 5.76. The molecule has 0 bridgehead atoms. The maximum absolute atomic E-state index is 12.6. The molecule has 0 saturated heterocycles. The summed E-state index contributed by atoms with van der Waals surface area (Å²) in [6.07, 6.45) is 0.875. The van der Waals surface area contributed by atoms with E-state index in [2.05, 4.69) is 0 Å². The highest BCUT2D eigenvalue weighted by Crippen LogP contribution is 2.30. The number of benzene rings is 1. The second-order valence-electron chi connectivity index (χ2n) is 9.75. The second kappa shape index (κ2) is 18.9. The van der Waals surface area contributed by atoms with E-state index < -0.39 is 36.5 Å². The van der Waals surface area contributed by atoms with E-state index in [9.17, 15) is 19.2 Å². The third kappa shape index (κ3) is 13.6. The molecule has 0 aliphatic heterocycles. The van der Waals surface area contributed by atoms with Crippen LogP contribution in [0, 0.1) is 5.92 Å². The van der Waals surface area contributed by atoms with Crippen LogP contribution in [0.1, 0.15) is 85.6 Å². The Morgan fingerprint density at radius 1 is 0.800 bits per heavy atom. The molecular formula is C29H45NO10. The zero-order valence-corrected chi connectivity index (χ0v) is 24.6. The molecule has 226 valence electrons. The summed E-state index contributed by atoms with van der Waals surface area (Å²) in [5.41, 5.74) is 6.59. The third-order valence-electron chi connectivity index (χ3n) is 6.08. The van der Waals surface area contributed by atoms with Gasteiger partial charge in [-0.3, -0.25) is 9.59 Å². The molecule has 0 spiro atoms. The SMILES string of the molecule is CCCCOC(=O)Oc1ccc(C[C@H](N)C(=O)O[C@@H](C)[C@H](C)OC(=O)CC(C)CC)cc1OC(=O)OCCCC. The Morgan fingerprint density at radius 2 is 1.35 bits per heavy atom. The quantitative estimate of drug-likeness (QED) is 0.110. The van der Waals surface area contributed by atoms with Gasteiger partial charge in [0, 0.05) is 6.42 Å². The molecule has 0 aromatic heterocycles. The molecule has 1 aromatic rings. The molecule has 0 heterocycles. The van der Waals surface area contributed by atoms with Crippen LogP contribution in [0.25, 0.3) is 0 Å². The molecule has 0 radical (unpaired) electrons. The molecule has 1 rings (SSSR count). The Labute approximate surface area is 236 Å². The molecular weight excluding hydrogens is 522 g/mol. The molecule has 1 unspecified atom stereocenters. The molecule has 4 atom stereocenters.